The zero-order chi connectivity index (χ0) is 30.2. The van der Waals surface area contributed by atoms with Gasteiger partial charge in [-0.2, -0.15) is 0 Å². The fourth-order valence-corrected chi connectivity index (χ4v) is 9.03. The van der Waals surface area contributed by atoms with E-state index < -0.39 is 57.8 Å². The van der Waals surface area contributed by atoms with Crippen molar-refractivity contribution in [1.29, 1.82) is 0 Å². The molecular weight excluding hydrogens is 548 g/mol. The lowest BCUT2D eigenvalue weighted by Gasteiger charge is -2.64. The normalized spacial score (nSPS) is 39.2. The molecule has 0 aromatic rings. The van der Waals surface area contributed by atoms with Gasteiger partial charge in [0.05, 0.1) is 17.6 Å². The van der Waals surface area contributed by atoms with Gasteiger partial charge in [0.1, 0.15) is 0 Å². The number of hydrogen-bond acceptors (Lipinski definition) is 8. The Morgan fingerprint density at radius 3 is 2.49 bits per heavy atom. The standard InChI is InChI=1S/C32H45ClO8/c1-6-8-10-27(37)40-19-26(36)32(41-28(38)39-15-9-7-2)20(3)16-24-23-12-11-21-17-22(34)13-14-29(21,4)31(23,33)25(35)18-30(24,32)5/h13-14,17,20,23-25,35H,6-12,15-16,18-19H2,1-5H3/t20-,23+,24+,25?,29+,30+,31+,32+/m1/s1. The van der Waals surface area contributed by atoms with E-state index in [1.165, 1.54) is 6.08 Å². The first kappa shape index (κ1) is 31.7. The summed E-state index contributed by atoms with van der Waals surface area (Å²) in [5.74, 6) is -1.94. The van der Waals surface area contributed by atoms with E-state index in [-0.39, 0.29) is 37.1 Å². The molecule has 0 aromatic heterocycles. The Bertz CT molecular complexity index is 1130. The van der Waals surface area contributed by atoms with Gasteiger partial charge >= 0.3 is 12.1 Å². The Hall–Kier alpha value is -2.19. The van der Waals surface area contributed by atoms with Crippen LogP contribution in [0.5, 0.6) is 0 Å². The Kier molecular flexibility index (Phi) is 9.16. The first-order valence-electron chi connectivity index (χ1n) is 15.2. The van der Waals surface area contributed by atoms with Crippen LogP contribution in [0.1, 0.15) is 92.4 Å². The Balaban J connectivity index is 1.72. The molecular formula is C32H45ClO8. The van der Waals surface area contributed by atoms with Gasteiger partial charge in [-0.05, 0) is 62.5 Å². The van der Waals surface area contributed by atoms with Gasteiger partial charge < -0.3 is 19.3 Å². The van der Waals surface area contributed by atoms with Crippen molar-refractivity contribution in [1.82, 2.24) is 0 Å². The van der Waals surface area contributed by atoms with Gasteiger partial charge in [-0.25, -0.2) is 4.79 Å². The molecule has 3 fully saturated rings. The lowest BCUT2D eigenvalue weighted by molar-refractivity contribution is -0.187. The molecule has 4 rings (SSSR count). The summed E-state index contributed by atoms with van der Waals surface area (Å²) < 4.78 is 16.8. The van der Waals surface area contributed by atoms with Gasteiger partial charge in [0, 0.05) is 23.2 Å². The van der Waals surface area contributed by atoms with Crippen molar-refractivity contribution in [2.24, 2.45) is 28.6 Å². The van der Waals surface area contributed by atoms with Crippen LogP contribution >= 0.6 is 11.6 Å². The van der Waals surface area contributed by atoms with Crippen LogP contribution in [0.4, 0.5) is 4.79 Å². The average molecular weight is 593 g/mol. The lowest BCUT2D eigenvalue weighted by atomic mass is 9.45. The largest absolute Gasteiger partial charge is 0.509 e. The minimum absolute atomic E-state index is 0.0877. The summed E-state index contributed by atoms with van der Waals surface area (Å²) in [4.78, 5) is 50.7. The van der Waals surface area contributed by atoms with Gasteiger partial charge in [-0.15, -0.1) is 11.6 Å². The minimum atomic E-state index is -1.68. The maximum absolute atomic E-state index is 14.2. The van der Waals surface area contributed by atoms with Crippen LogP contribution in [0.25, 0.3) is 0 Å². The maximum atomic E-state index is 14.2. The van der Waals surface area contributed by atoms with Gasteiger partial charge in [0.25, 0.3) is 0 Å². The summed E-state index contributed by atoms with van der Waals surface area (Å²) >= 11 is 7.54. The van der Waals surface area contributed by atoms with Crippen LogP contribution in [-0.4, -0.2) is 58.6 Å². The molecule has 4 aliphatic carbocycles. The molecule has 4 aliphatic rings. The lowest BCUT2D eigenvalue weighted by Crippen LogP contribution is -2.69. The van der Waals surface area contributed by atoms with Crippen molar-refractivity contribution in [2.45, 2.75) is 109 Å². The number of aliphatic hydroxyl groups excluding tert-OH is 1. The van der Waals surface area contributed by atoms with Crippen molar-refractivity contribution in [3.8, 4) is 0 Å². The number of unbranched alkanes of at least 4 members (excludes halogenated alkanes) is 2. The number of esters is 1. The third-order valence-electron chi connectivity index (χ3n) is 10.7. The molecule has 9 heteroatoms. The predicted molar refractivity (Wildman–Crippen MR) is 153 cm³/mol. The van der Waals surface area contributed by atoms with E-state index in [0.29, 0.717) is 32.1 Å². The number of allylic oxidation sites excluding steroid dienone is 4. The van der Waals surface area contributed by atoms with E-state index in [0.717, 1.165) is 18.4 Å². The summed E-state index contributed by atoms with van der Waals surface area (Å²) in [6.07, 6.45) is 7.96. The monoisotopic (exact) mass is 592 g/mol. The number of aliphatic hydroxyl groups is 1. The number of carbonyl (C=O) groups is 4. The van der Waals surface area contributed by atoms with E-state index >= 15 is 0 Å². The molecule has 0 bridgehead atoms. The zero-order valence-corrected chi connectivity index (χ0v) is 25.8. The van der Waals surface area contributed by atoms with Crippen LogP contribution in [0.2, 0.25) is 0 Å². The number of Topliss-reactive ketones (excluding diaryl/α,β-unsaturated/α-hetero) is 1. The smallest absolute Gasteiger partial charge is 0.457 e. The Labute approximate surface area is 248 Å². The topological polar surface area (TPSA) is 116 Å². The number of hydrogen-bond donors (Lipinski definition) is 1. The van der Waals surface area contributed by atoms with Crippen molar-refractivity contribution in [3.05, 3.63) is 23.8 Å². The van der Waals surface area contributed by atoms with Crippen LogP contribution < -0.4 is 0 Å². The fourth-order valence-electron chi connectivity index (χ4n) is 8.51. The van der Waals surface area contributed by atoms with E-state index in [1.54, 1.807) is 6.08 Å². The first-order chi connectivity index (χ1) is 19.3. The van der Waals surface area contributed by atoms with Gasteiger partial charge in [0.15, 0.2) is 18.0 Å². The molecule has 8 atom stereocenters. The second-order valence-electron chi connectivity index (χ2n) is 12.9. The number of rotatable bonds is 10. The summed E-state index contributed by atoms with van der Waals surface area (Å²) in [5, 5.41) is 11.9. The first-order valence-corrected chi connectivity index (χ1v) is 15.6. The number of alkyl halides is 1. The van der Waals surface area contributed by atoms with Crippen LogP contribution in [0.3, 0.4) is 0 Å². The third-order valence-corrected chi connectivity index (χ3v) is 11.6. The average Bonchev–Trinajstić information content (AvgIpc) is 3.14. The molecule has 1 N–H and O–H groups in total. The SMILES string of the molecule is CCCCOC(=O)O[C@]1(C(=O)COC(=O)CCCC)[C@H](C)C[C@H]2[C@@H]3CCC4=CC(=O)C=C[C@]4(C)[C@@]3(Cl)C(O)C[C@@]21C. The molecule has 3 saturated carbocycles. The molecule has 41 heavy (non-hydrogen) atoms. The number of fused-ring (bicyclic) bond motifs is 5. The highest BCUT2D eigenvalue weighted by atomic mass is 35.5. The Morgan fingerprint density at radius 2 is 1.80 bits per heavy atom. The van der Waals surface area contributed by atoms with E-state index in [2.05, 4.69) is 0 Å². The van der Waals surface area contributed by atoms with Crippen molar-refractivity contribution in [3.63, 3.8) is 0 Å². The maximum Gasteiger partial charge on any atom is 0.509 e. The van der Waals surface area contributed by atoms with Crippen molar-refractivity contribution < 1.29 is 38.5 Å². The van der Waals surface area contributed by atoms with Gasteiger partial charge in [-0.3, -0.25) is 14.4 Å². The van der Waals surface area contributed by atoms with Gasteiger partial charge in [0.2, 0.25) is 5.78 Å². The quantitative estimate of drug-likeness (QED) is 0.190. The molecule has 0 saturated heterocycles. The number of ether oxygens (including phenoxy) is 3. The highest BCUT2D eigenvalue weighted by molar-refractivity contribution is 6.26. The molecule has 1 unspecified atom stereocenters. The second-order valence-corrected chi connectivity index (χ2v) is 13.5. The van der Waals surface area contributed by atoms with Crippen molar-refractivity contribution >= 4 is 35.3 Å². The van der Waals surface area contributed by atoms with E-state index in [1.807, 2.05) is 40.7 Å². The minimum Gasteiger partial charge on any atom is -0.457 e. The summed E-state index contributed by atoms with van der Waals surface area (Å²) in [6.45, 7) is 9.31. The number of carbonyl (C=O) groups excluding carboxylic acids is 4. The molecule has 228 valence electrons. The highest BCUT2D eigenvalue weighted by Gasteiger charge is 2.76. The zero-order valence-electron chi connectivity index (χ0n) is 25.0. The molecule has 0 aliphatic heterocycles. The summed E-state index contributed by atoms with van der Waals surface area (Å²) in [6, 6.07) is 0. The molecule has 0 amide bonds. The van der Waals surface area contributed by atoms with Crippen LogP contribution in [0, 0.1) is 28.6 Å². The van der Waals surface area contributed by atoms with Crippen LogP contribution in [0.15, 0.2) is 23.8 Å². The molecule has 0 radical (unpaired) electrons. The summed E-state index contributed by atoms with van der Waals surface area (Å²) in [5.41, 5.74) is -2.53. The molecule has 0 aromatic carbocycles. The third kappa shape index (κ3) is 4.97. The second kappa shape index (κ2) is 11.8. The predicted octanol–water partition coefficient (Wildman–Crippen LogP) is 5.87. The Morgan fingerprint density at radius 1 is 1.10 bits per heavy atom. The molecule has 0 heterocycles. The van der Waals surface area contributed by atoms with E-state index in [4.69, 9.17) is 25.8 Å². The van der Waals surface area contributed by atoms with E-state index in [9.17, 15) is 24.3 Å². The molecule has 0 spiro atoms. The molecule has 8 nitrogen and oxygen atoms in total. The fraction of sp³-hybridized carbons (Fsp3) is 0.750. The van der Waals surface area contributed by atoms with Crippen molar-refractivity contribution in [2.75, 3.05) is 13.2 Å². The summed E-state index contributed by atoms with van der Waals surface area (Å²) in [7, 11) is 0. The number of ketones is 2. The highest BCUT2D eigenvalue weighted by Crippen LogP contribution is 2.72. The number of halogens is 1. The van der Waals surface area contributed by atoms with Crippen LogP contribution in [-0.2, 0) is 28.6 Å². The van der Waals surface area contributed by atoms with Gasteiger partial charge in [-0.1, -0.05) is 59.1 Å².